The SMILES string of the molecule is COc1c(C)cc(C)cc1CCN(C)CCl. The predicted octanol–water partition coefficient (Wildman–Crippen LogP) is 2.98. The zero-order valence-electron chi connectivity index (χ0n) is 10.5. The molecule has 0 bridgehead atoms. The van der Waals surface area contributed by atoms with Gasteiger partial charge in [-0.25, -0.2) is 0 Å². The first kappa shape index (κ1) is 13.3. The third-order valence-electron chi connectivity index (χ3n) is 2.67. The maximum absolute atomic E-state index is 5.75. The molecule has 0 atom stereocenters. The molecule has 0 aliphatic heterocycles. The summed E-state index contributed by atoms with van der Waals surface area (Å²) in [6.07, 6.45) is 0.967. The lowest BCUT2D eigenvalue weighted by molar-refractivity contribution is 0.380. The van der Waals surface area contributed by atoms with Crippen molar-refractivity contribution in [2.24, 2.45) is 0 Å². The van der Waals surface area contributed by atoms with E-state index in [1.165, 1.54) is 16.7 Å². The Bertz CT molecular complexity index is 352. The predicted molar refractivity (Wildman–Crippen MR) is 69.5 cm³/mol. The second kappa shape index (κ2) is 6.12. The topological polar surface area (TPSA) is 12.5 Å². The largest absolute Gasteiger partial charge is 0.496 e. The molecule has 0 aliphatic carbocycles. The van der Waals surface area contributed by atoms with Crippen LogP contribution in [-0.2, 0) is 6.42 Å². The Morgan fingerprint density at radius 2 is 2.00 bits per heavy atom. The molecule has 0 heterocycles. The second-order valence-corrected chi connectivity index (χ2v) is 4.46. The minimum Gasteiger partial charge on any atom is -0.496 e. The molecule has 0 N–H and O–H groups in total. The molecule has 0 unspecified atom stereocenters. The number of benzene rings is 1. The van der Waals surface area contributed by atoms with E-state index in [0.29, 0.717) is 6.00 Å². The van der Waals surface area contributed by atoms with E-state index in [2.05, 4.69) is 30.9 Å². The average molecular weight is 242 g/mol. The molecule has 0 saturated carbocycles. The fourth-order valence-corrected chi connectivity index (χ4v) is 2.01. The van der Waals surface area contributed by atoms with Gasteiger partial charge in [0.05, 0.1) is 13.1 Å². The number of alkyl halides is 1. The Balaban J connectivity index is 2.85. The van der Waals surface area contributed by atoms with Crippen molar-refractivity contribution < 1.29 is 4.74 Å². The number of ether oxygens (including phenoxy) is 1. The molecule has 1 aromatic carbocycles. The van der Waals surface area contributed by atoms with Crippen LogP contribution in [0.5, 0.6) is 5.75 Å². The van der Waals surface area contributed by atoms with Gasteiger partial charge in [0, 0.05) is 6.54 Å². The van der Waals surface area contributed by atoms with Gasteiger partial charge in [-0.3, -0.25) is 4.90 Å². The Labute approximate surface area is 103 Å². The van der Waals surface area contributed by atoms with Crippen LogP contribution in [0.15, 0.2) is 12.1 Å². The lowest BCUT2D eigenvalue weighted by Gasteiger charge is -2.16. The number of hydrogen-bond donors (Lipinski definition) is 0. The maximum Gasteiger partial charge on any atom is 0.125 e. The fourth-order valence-electron chi connectivity index (χ4n) is 1.89. The molecular formula is C13H20ClNO. The van der Waals surface area contributed by atoms with Crippen LogP contribution in [0.25, 0.3) is 0 Å². The van der Waals surface area contributed by atoms with Gasteiger partial charge < -0.3 is 4.74 Å². The molecule has 0 aliphatic rings. The number of rotatable bonds is 5. The van der Waals surface area contributed by atoms with Gasteiger partial charge in [-0.2, -0.15) is 0 Å². The van der Waals surface area contributed by atoms with E-state index in [9.17, 15) is 0 Å². The molecule has 0 saturated heterocycles. The Morgan fingerprint density at radius 3 is 2.56 bits per heavy atom. The molecule has 1 aromatic rings. The monoisotopic (exact) mass is 241 g/mol. The highest BCUT2D eigenvalue weighted by Gasteiger charge is 2.08. The normalized spacial score (nSPS) is 10.9. The minimum atomic E-state index is 0.563. The van der Waals surface area contributed by atoms with Crippen LogP contribution in [0.1, 0.15) is 16.7 Å². The van der Waals surface area contributed by atoms with Crippen LogP contribution in [-0.4, -0.2) is 31.6 Å². The van der Waals surface area contributed by atoms with Crippen molar-refractivity contribution >= 4 is 11.6 Å². The van der Waals surface area contributed by atoms with Crippen molar-refractivity contribution in [2.75, 3.05) is 26.7 Å². The van der Waals surface area contributed by atoms with Crippen molar-refractivity contribution in [2.45, 2.75) is 20.3 Å². The average Bonchev–Trinajstić information content (AvgIpc) is 2.25. The summed E-state index contributed by atoms with van der Waals surface area (Å²) in [4.78, 5) is 2.08. The number of aryl methyl sites for hydroxylation is 2. The molecule has 0 spiro atoms. The Hall–Kier alpha value is -0.730. The zero-order chi connectivity index (χ0) is 12.1. The van der Waals surface area contributed by atoms with Gasteiger partial charge in [-0.05, 0) is 38.4 Å². The van der Waals surface area contributed by atoms with Gasteiger partial charge in [0.25, 0.3) is 0 Å². The van der Waals surface area contributed by atoms with Gasteiger partial charge in [-0.15, -0.1) is 11.6 Å². The Kier molecular flexibility index (Phi) is 5.10. The van der Waals surface area contributed by atoms with Crippen molar-refractivity contribution in [3.63, 3.8) is 0 Å². The van der Waals surface area contributed by atoms with E-state index in [-0.39, 0.29) is 0 Å². The molecule has 0 amide bonds. The summed E-state index contributed by atoms with van der Waals surface area (Å²) in [6, 6.07) is 4.90. The molecular weight excluding hydrogens is 222 g/mol. The number of nitrogens with zero attached hydrogens (tertiary/aromatic N) is 1. The van der Waals surface area contributed by atoms with Gasteiger partial charge in [-0.1, -0.05) is 17.7 Å². The smallest absolute Gasteiger partial charge is 0.125 e. The third-order valence-corrected chi connectivity index (χ3v) is 3.07. The lowest BCUT2D eigenvalue weighted by Crippen LogP contribution is -2.19. The molecule has 2 nitrogen and oxygen atoms in total. The van der Waals surface area contributed by atoms with E-state index >= 15 is 0 Å². The fraction of sp³-hybridized carbons (Fsp3) is 0.538. The van der Waals surface area contributed by atoms with E-state index in [1.807, 2.05) is 7.05 Å². The molecule has 1 rings (SSSR count). The molecule has 90 valence electrons. The second-order valence-electron chi connectivity index (χ2n) is 4.22. The summed E-state index contributed by atoms with van der Waals surface area (Å²) in [6.45, 7) is 5.14. The number of likely N-dealkylation sites (N-methyl/N-ethyl adjacent to an activating group) is 1. The van der Waals surface area contributed by atoms with Gasteiger partial charge in [0.2, 0.25) is 0 Å². The summed E-state index contributed by atoms with van der Waals surface area (Å²) in [7, 11) is 3.74. The molecule has 16 heavy (non-hydrogen) atoms. The van der Waals surface area contributed by atoms with E-state index in [1.54, 1.807) is 7.11 Å². The van der Waals surface area contributed by atoms with Crippen LogP contribution in [0.3, 0.4) is 0 Å². The van der Waals surface area contributed by atoms with E-state index in [0.717, 1.165) is 18.7 Å². The van der Waals surface area contributed by atoms with E-state index < -0.39 is 0 Å². The van der Waals surface area contributed by atoms with Crippen LogP contribution in [0.4, 0.5) is 0 Å². The summed E-state index contributed by atoms with van der Waals surface area (Å²) < 4.78 is 5.45. The van der Waals surface area contributed by atoms with Crippen molar-refractivity contribution in [1.29, 1.82) is 0 Å². The van der Waals surface area contributed by atoms with Gasteiger partial charge in [0.15, 0.2) is 0 Å². The first-order valence-corrected chi connectivity index (χ1v) is 6.00. The molecule has 3 heteroatoms. The summed E-state index contributed by atoms with van der Waals surface area (Å²) in [5.41, 5.74) is 3.74. The number of halogens is 1. The first-order chi connectivity index (χ1) is 7.58. The quantitative estimate of drug-likeness (QED) is 0.581. The van der Waals surface area contributed by atoms with Crippen molar-refractivity contribution in [3.8, 4) is 5.75 Å². The van der Waals surface area contributed by atoms with Crippen LogP contribution < -0.4 is 4.74 Å². The van der Waals surface area contributed by atoms with Crippen LogP contribution >= 0.6 is 11.6 Å². The molecule has 0 radical (unpaired) electrons. The highest BCUT2D eigenvalue weighted by Crippen LogP contribution is 2.25. The number of methoxy groups -OCH3 is 1. The molecule has 0 fully saturated rings. The maximum atomic E-state index is 5.75. The van der Waals surface area contributed by atoms with Crippen molar-refractivity contribution in [1.82, 2.24) is 4.90 Å². The van der Waals surface area contributed by atoms with Crippen LogP contribution in [0.2, 0.25) is 0 Å². The van der Waals surface area contributed by atoms with E-state index in [4.69, 9.17) is 16.3 Å². The highest BCUT2D eigenvalue weighted by atomic mass is 35.5. The van der Waals surface area contributed by atoms with Gasteiger partial charge >= 0.3 is 0 Å². The van der Waals surface area contributed by atoms with Crippen molar-refractivity contribution in [3.05, 3.63) is 28.8 Å². The third kappa shape index (κ3) is 3.39. The van der Waals surface area contributed by atoms with Gasteiger partial charge in [0.1, 0.15) is 5.75 Å². The van der Waals surface area contributed by atoms with Crippen LogP contribution in [0, 0.1) is 13.8 Å². The summed E-state index contributed by atoms with van der Waals surface area (Å²) in [5, 5.41) is 0. The lowest BCUT2D eigenvalue weighted by atomic mass is 10.0. The molecule has 0 aromatic heterocycles. The Morgan fingerprint density at radius 1 is 1.31 bits per heavy atom. The summed E-state index contributed by atoms with van der Waals surface area (Å²) >= 11 is 5.75. The highest BCUT2D eigenvalue weighted by molar-refractivity contribution is 6.17. The summed E-state index contributed by atoms with van der Waals surface area (Å²) in [5.74, 6) is 1.01. The zero-order valence-corrected chi connectivity index (χ0v) is 11.3. The standard InChI is InChI=1S/C13H20ClNO/c1-10-7-11(2)13(16-4)12(8-10)5-6-15(3)9-14/h7-8H,5-6,9H2,1-4H3. The first-order valence-electron chi connectivity index (χ1n) is 5.47. The number of hydrogen-bond acceptors (Lipinski definition) is 2. The minimum absolute atomic E-state index is 0.563.